The van der Waals surface area contributed by atoms with Gasteiger partial charge in [-0.15, -0.1) is 0 Å². The van der Waals surface area contributed by atoms with E-state index in [1.165, 1.54) is 0 Å². The van der Waals surface area contributed by atoms with Gasteiger partial charge in [0.2, 0.25) is 0 Å². The van der Waals surface area contributed by atoms with Gasteiger partial charge in [-0.1, -0.05) is 30.3 Å². The van der Waals surface area contributed by atoms with Gasteiger partial charge in [-0.25, -0.2) is 4.79 Å². The molecule has 1 amide bonds. The quantitative estimate of drug-likeness (QED) is 0.889. The minimum Gasteiger partial charge on any atom is -0.479 e. The first-order valence-electron chi connectivity index (χ1n) is 8.46. The van der Waals surface area contributed by atoms with Crippen LogP contribution in [0.1, 0.15) is 31.2 Å². The fraction of sp³-hybridized carbons (Fsp3) is 0.556. The van der Waals surface area contributed by atoms with E-state index in [0.29, 0.717) is 32.5 Å². The van der Waals surface area contributed by atoms with E-state index in [4.69, 9.17) is 14.6 Å². The third-order valence-electron chi connectivity index (χ3n) is 4.65. The standard InChI is InChI=1S/C18H23NO5/c20-17(15-6-7-16(24-15)18(21)22)19-10-8-14(9-11-19)23-12-13-4-2-1-3-5-13/h1-5,14-16H,6-12H2,(H,21,22)/t15-,16+/m1/s1. The highest BCUT2D eigenvalue weighted by molar-refractivity contribution is 5.82. The molecule has 1 N–H and O–H groups in total. The summed E-state index contributed by atoms with van der Waals surface area (Å²) in [5, 5.41) is 8.94. The van der Waals surface area contributed by atoms with Gasteiger partial charge in [-0.05, 0) is 31.2 Å². The number of carboxylic acid groups (broad SMARTS) is 1. The molecule has 3 rings (SSSR count). The number of hydrogen-bond donors (Lipinski definition) is 1. The summed E-state index contributed by atoms with van der Waals surface area (Å²) in [5.41, 5.74) is 1.15. The van der Waals surface area contributed by atoms with Crippen LogP contribution in [-0.2, 0) is 25.7 Å². The summed E-state index contributed by atoms with van der Waals surface area (Å²) in [6, 6.07) is 10.0. The van der Waals surface area contributed by atoms with Crippen LogP contribution < -0.4 is 0 Å². The molecule has 0 unspecified atom stereocenters. The summed E-state index contributed by atoms with van der Waals surface area (Å²) in [6.45, 7) is 1.86. The Kier molecular flexibility index (Phi) is 5.48. The van der Waals surface area contributed by atoms with Crippen LogP contribution in [0.5, 0.6) is 0 Å². The Balaban J connectivity index is 1.42. The lowest BCUT2D eigenvalue weighted by Crippen LogP contribution is -2.45. The molecular weight excluding hydrogens is 310 g/mol. The molecule has 2 atom stereocenters. The maximum absolute atomic E-state index is 12.4. The topological polar surface area (TPSA) is 76.1 Å². The zero-order valence-corrected chi connectivity index (χ0v) is 13.6. The molecular formula is C18H23NO5. The van der Waals surface area contributed by atoms with Gasteiger partial charge >= 0.3 is 5.97 Å². The molecule has 0 saturated carbocycles. The van der Waals surface area contributed by atoms with Gasteiger partial charge in [-0.2, -0.15) is 0 Å². The fourth-order valence-corrected chi connectivity index (χ4v) is 3.24. The summed E-state index contributed by atoms with van der Waals surface area (Å²) in [4.78, 5) is 25.1. The largest absolute Gasteiger partial charge is 0.479 e. The molecule has 1 aromatic rings. The number of piperidine rings is 1. The average Bonchev–Trinajstić information content (AvgIpc) is 3.11. The van der Waals surface area contributed by atoms with Crippen LogP contribution in [0.25, 0.3) is 0 Å². The molecule has 1 aromatic carbocycles. The Labute approximate surface area is 141 Å². The van der Waals surface area contributed by atoms with Gasteiger partial charge in [0, 0.05) is 13.1 Å². The summed E-state index contributed by atoms with van der Waals surface area (Å²) < 4.78 is 11.3. The van der Waals surface area contributed by atoms with Crippen molar-refractivity contribution in [1.29, 1.82) is 0 Å². The number of carboxylic acids is 1. The molecule has 0 aromatic heterocycles. The van der Waals surface area contributed by atoms with E-state index in [-0.39, 0.29) is 12.0 Å². The van der Waals surface area contributed by atoms with Crippen LogP contribution in [-0.4, -0.2) is 53.3 Å². The number of nitrogens with zero attached hydrogens (tertiary/aromatic N) is 1. The van der Waals surface area contributed by atoms with Gasteiger partial charge < -0.3 is 19.5 Å². The van der Waals surface area contributed by atoms with Crippen molar-refractivity contribution in [3.05, 3.63) is 35.9 Å². The van der Waals surface area contributed by atoms with Crippen molar-refractivity contribution in [2.45, 2.75) is 50.6 Å². The minimum atomic E-state index is -0.988. The molecule has 0 aliphatic carbocycles. The summed E-state index contributed by atoms with van der Waals surface area (Å²) in [7, 11) is 0. The van der Waals surface area contributed by atoms with Crippen LogP contribution in [0.2, 0.25) is 0 Å². The van der Waals surface area contributed by atoms with Crippen molar-refractivity contribution in [2.24, 2.45) is 0 Å². The number of carbonyl (C=O) groups is 2. The Bertz CT molecular complexity index is 568. The summed E-state index contributed by atoms with van der Waals surface area (Å²) in [6.07, 6.45) is 1.20. The lowest BCUT2D eigenvalue weighted by Gasteiger charge is -2.33. The third kappa shape index (κ3) is 4.13. The summed E-state index contributed by atoms with van der Waals surface area (Å²) >= 11 is 0. The highest BCUT2D eigenvalue weighted by Gasteiger charge is 2.37. The molecule has 24 heavy (non-hydrogen) atoms. The number of rotatable bonds is 5. The molecule has 2 heterocycles. The SMILES string of the molecule is O=C(O)[C@@H]1CC[C@H](C(=O)N2CCC(OCc3ccccc3)CC2)O1. The normalized spacial score (nSPS) is 24.9. The number of ether oxygens (including phenoxy) is 2. The minimum absolute atomic E-state index is 0.0831. The van der Waals surface area contributed by atoms with E-state index in [2.05, 4.69) is 0 Å². The predicted octanol–water partition coefficient (Wildman–Crippen LogP) is 1.83. The average molecular weight is 333 g/mol. The maximum atomic E-state index is 12.4. The Hall–Kier alpha value is -1.92. The number of amides is 1. The molecule has 0 radical (unpaired) electrons. The van der Waals surface area contributed by atoms with E-state index in [9.17, 15) is 9.59 Å². The van der Waals surface area contributed by atoms with Crippen LogP contribution in [0.3, 0.4) is 0 Å². The van der Waals surface area contributed by atoms with Crippen molar-refractivity contribution in [3.8, 4) is 0 Å². The molecule has 2 fully saturated rings. The number of benzene rings is 1. The first-order chi connectivity index (χ1) is 11.6. The lowest BCUT2D eigenvalue weighted by molar-refractivity contribution is -0.155. The molecule has 2 aliphatic heterocycles. The van der Waals surface area contributed by atoms with Crippen molar-refractivity contribution in [1.82, 2.24) is 4.90 Å². The molecule has 6 nitrogen and oxygen atoms in total. The zero-order valence-electron chi connectivity index (χ0n) is 13.6. The van der Waals surface area contributed by atoms with E-state index in [0.717, 1.165) is 18.4 Å². The highest BCUT2D eigenvalue weighted by Crippen LogP contribution is 2.24. The highest BCUT2D eigenvalue weighted by atomic mass is 16.5. The Morgan fingerprint density at radius 3 is 2.38 bits per heavy atom. The zero-order chi connectivity index (χ0) is 16.9. The molecule has 2 saturated heterocycles. The molecule has 0 bridgehead atoms. The Morgan fingerprint density at radius 1 is 1.08 bits per heavy atom. The first-order valence-corrected chi connectivity index (χ1v) is 8.46. The maximum Gasteiger partial charge on any atom is 0.332 e. The van der Waals surface area contributed by atoms with Gasteiger partial charge in [0.25, 0.3) is 5.91 Å². The van der Waals surface area contributed by atoms with E-state index >= 15 is 0 Å². The van der Waals surface area contributed by atoms with Crippen molar-refractivity contribution in [3.63, 3.8) is 0 Å². The third-order valence-corrected chi connectivity index (χ3v) is 4.65. The molecule has 2 aliphatic rings. The molecule has 0 spiro atoms. The smallest absolute Gasteiger partial charge is 0.332 e. The monoisotopic (exact) mass is 333 g/mol. The van der Waals surface area contributed by atoms with Crippen molar-refractivity contribution < 1.29 is 24.2 Å². The first kappa shape index (κ1) is 16.9. The van der Waals surface area contributed by atoms with Crippen LogP contribution in [0.4, 0.5) is 0 Å². The second kappa shape index (κ2) is 7.77. The van der Waals surface area contributed by atoms with Gasteiger partial charge in [0.1, 0.15) is 6.10 Å². The number of hydrogen-bond acceptors (Lipinski definition) is 4. The second-order valence-corrected chi connectivity index (χ2v) is 6.35. The van der Waals surface area contributed by atoms with Gasteiger partial charge in [0.05, 0.1) is 12.7 Å². The van der Waals surface area contributed by atoms with E-state index < -0.39 is 18.2 Å². The lowest BCUT2D eigenvalue weighted by atomic mass is 10.1. The van der Waals surface area contributed by atoms with E-state index in [1.807, 2.05) is 30.3 Å². The van der Waals surface area contributed by atoms with Gasteiger partial charge in [0.15, 0.2) is 6.10 Å². The predicted molar refractivity (Wildman–Crippen MR) is 86.4 cm³/mol. The Morgan fingerprint density at radius 2 is 1.75 bits per heavy atom. The summed E-state index contributed by atoms with van der Waals surface area (Å²) in [5.74, 6) is -1.07. The molecule has 6 heteroatoms. The number of carbonyl (C=O) groups excluding carboxylic acids is 1. The second-order valence-electron chi connectivity index (χ2n) is 6.35. The van der Waals surface area contributed by atoms with Crippen molar-refractivity contribution >= 4 is 11.9 Å². The van der Waals surface area contributed by atoms with Crippen LogP contribution in [0, 0.1) is 0 Å². The number of aliphatic carboxylic acids is 1. The van der Waals surface area contributed by atoms with Crippen molar-refractivity contribution in [2.75, 3.05) is 13.1 Å². The van der Waals surface area contributed by atoms with E-state index in [1.54, 1.807) is 4.90 Å². The van der Waals surface area contributed by atoms with Gasteiger partial charge in [-0.3, -0.25) is 4.79 Å². The van der Waals surface area contributed by atoms with Crippen LogP contribution >= 0.6 is 0 Å². The molecule has 130 valence electrons. The fourth-order valence-electron chi connectivity index (χ4n) is 3.24. The van der Waals surface area contributed by atoms with Crippen LogP contribution in [0.15, 0.2) is 30.3 Å². The number of likely N-dealkylation sites (tertiary alicyclic amines) is 1.